The third-order valence-corrected chi connectivity index (χ3v) is 8.12. The Kier molecular flexibility index (Phi) is 8.52. The number of thioether (sulfide) groups is 1. The molecule has 1 aromatic heterocycles. The molecular weight excluding hydrogens is 563 g/mol. The molecule has 2 heterocycles. The molecule has 0 fully saturated rings. The van der Waals surface area contributed by atoms with Gasteiger partial charge in [0.25, 0.3) is 0 Å². The third kappa shape index (κ3) is 5.76. The van der Waals surface area contributed by atoms with Gasteiger partial charge in [-0.3, -0.25) is 0 Å². The number of aromatic nitrogens is 1. The fourth-order valence-electron chi connectivity index (χ4n) is 4.75. The quantitative estimate of drug-likeness (QED) is 0.209. The fraction of sp³-hybridized carbons (Fsp3) is 0.188. The molecular formula is C32H28ClFN2O4S. The summed E-state index contributed by atoms with van der Waals surface area (Å²) in [6, 6.07) is 17.7. The number of para-hydroxylation sites is 1. The summed E-state index contributed by atoms with van der Waals surface area (Å²) in [6.07, 6.45) is 4.50. The lowest BCUT2D eigenvalue weighted by Crippen LogP contribution is -2.12. The second kappa shape index (κ2) is 12.2. The lowest BCUT2D eigenvalue weighted by molar-refractivity contribution is -0.138. The largest absolute Gasteiger partial charge is 0.506 e. The highest BCUT2D eigenvalue weighted by Gasteiger charge is 2.33. The van der Waals surface area contributed by atoms with E-state index in [1.807, 2.05) is 35.0 Å². The Morgan fingerprint density at radius 3 is 2.56 bits per heavy atom. The molecule has 0 saturated carbocycles. The van der Waals surface area contributed by atoms with Gasteiger partial charge in [-0.05, 0) is 61.4 Å². The van der Waals surface area contributed by atoms with Crippen LogP contribution in [0.5, 0.6) is 5.75 Å². The summed E-state index contributed by atoms with van der Waals surface area (Å²) in [5, 5.41) is 12.8. The maximum atomic E-state index is 14.7. The van der Waals surface area contributed by atoms with Crippen LogP contribution in [0.25, 0.3) is 17.0 Å². The minimum Gasteiger partial charge on any atom is -0.506 e. The number of aliphatic hydroxyl groups is 1. The first-order valence-corrected chi connectivity index (χ1v) is 14.3. The number of aryl methyl sites for hydroxylation is 1. The summed E-state index contributed by atoms with van der Waals surface area (Å²) in [4.78, 5) is 18.0. The number of hydrogen-bond donors (Lipinski definition) is 1. The molecule has 0 bridgehead atoms. The summed E-state index contributed by atoms with van der Waals surface area (Å²) >= 11 is 7.55. The van der Waals surface area contributed by atoms with Crippen molar-refractivity contribution >= 4 is 57.0 Å². The summed E-state index contributed by atoms with van der Waals surface area (Å²) in [7, 11) is 1.58. The molecule has 0 saturated heterocycles. The number of halogens is 2. The molecule has 0 unspecified atom stereocenters. The van der Waals surface area contributed by atoms with Crippen LogP contribution in [0.15, 0.2) is 88.1 Å². The molecule has 1 aliphatic rings. The van der Waals surface area contributed by atoms with Crippen molar-refractivity contribution in [3.8, 4) is 5.75 Å². The molecule has 0 atom stereocenters. The standard InChI is InChI=1S/C32H28ClFN2O4S/c1-4-19-8-6-9-23-20(17-36(29(19)23)18-24-25(33)10-7-11-26(24)34)16-27-30(37)28(32(38)40-5-2)31(41-27)35-21-12-14-22(39-3)15-13-21/h6-17,37H,4-5,18H2,1-3H3/b27-16-,35-31?. The molecule has 1 aliphatic heterocycles. The van der Waals surface area contributed by atoms with E-state index < -0.39 is 5.97 Å². The molecule has 4 aromatic rings. The zero-order valence-corrected chi connectivity index (χ0v) is 24.4. The van der Waals surface area contributed by atoms with Gasteiger partial charge < -0.3 is 19.1 Å². The van der Waals surface area contributed by atoms with Crippen LogP contribution < -0.4 is 4.74 Å². The maximum Gasteiger partial charge on any atom is 0.344 e. The van der Waals surface area contributed by atoms with Gasteiger partial charge in [0, 0.05) is 27.7 Å². The number of methoxy groups -OCH3 is 1. The molecule has 0 spiro atoms. The van der Waals surface area contributed by atoms with Crippen molar-refractivity contribution < 1.29 is 23.8 Å². The van der Waals surface area contributed by atoms with Gasteiger partial charge in [-0.1, -0.05) is 54.6 Å². The van der Waals surface area contributed by atoms with Crippen LogP contribution in [0.3, 0.4) is 0 Å². The van der Waals surface area contributed by atoms with E-state index in [0.29, 0.717) is 32.0 Å². The lowest BCUT2D eigenvalue weighted by atomic mass is 10.1. The third-order valence-electron chi connectivity index (χ3n) is 6.74. The van der Waals surface area contributed by atoms with Gasteiger partial charge >= 0.3 is 5.97 Å². The maximum absolute atomic E-state index is 14.7. The molecule has 5 rings (SSSR count). The van der Waals surface area contributed by atoms with Gasteiger partial charge in [0.1, 0.15) is 27.9 Å². The molecule has 0 amide bonds. The first kappa shape index (κ1) is 28.5. The highest BCUT2D eigenvalue weighted by molar-refractivity contribution is 8.18. The van der Waals surface area contributed by atoms with Crippen molar-refractivity contribution in [3.05, 3.63) is 111 Å². The topological polar surface area (TPSA) is 73.0 Å². The average Bonchev–Trinajstić information content (AvgIpc) is 3.47. The van der Waals surface area contributed by atoms with Gasteiger partial charge in [-0.2, -0.15) is 0 Å². The molecule has 41 heavy (non-hydrogen) atoms. The van der Waals surface area contributed by atoms with E-state index >= 15 is 0 Å². The number of aliphatic imine (C=N–C) groups is 1. The van der Waals surface area contributed by atoms with Crippen LogP contribution in [0.2, 0.25) is 5.02 Å². The Morgan fingerprint density at radius 2 is 1.88 bits per heavy atom. The summed E-state index contributed by atoms with van der Waals surface area (Å²) in [5.41, 5.74) is 3.83. The van der Waals surface area contributed by atoms with Crippen molar-refractivity contribution in [2.45, 2.75) is 26.8 Å². The van der Waals surface area contributed by atoms with E-state index in [9.17, 15) is 14.3 Å². The predicted molar refractivity (Wildman–Crippen MR) is 164 cm³/mol. The van der Waals surface area contributed by atoms with Gasteiger partial charge in [-0.25, -0.2) is 14.2 Å². The first-order valence-electron chi connectivity index (χ1n) is 13.1. The number of aliphatic hydroxyl groups excluding tert-OH is 1. The van der Waals surface area contributed by atoms with Crippen molar-refractivity contribution in [2.75, 3.05) is 13.7 Å². The molecule has 0 aliphatic carbocycles. The van der Waals surface area contributed by atoms with Crippen LogP contribution in [0.1, 0.15) is 30.5 Å². The van der Waals surface area contributed by atoms with Crippen molar-refractivity contribution in [1.29, 1.82) is 0 Å². The molecule has 1 N–H and O–H groups in total. The average molecular weight is 591 g/mol. The van der Waals surface area contributed by atoms with Crippen LogP contribution in [-0.4, -0.2) is 34.4 Å². The Morgan fingerprint density at radius 1 is 1.12 bits per heavy atom. The summed E-state index contributed by atoms with van der Waals surface area (Å²) in [6.45, 7) is 4.16. The first-order chi connectivity index (χ1) is 19.8. The Labute approximate surface area is 246 Å². The van der Waals surface area contributed by atoms with Crippen molar-refractivity contribution in [1.82, 2.24) is 4.57 Å². The Balaban J connectivity index is 1.62. The predicted octanol–water partition coefficient (Wildman–Crippen LogP) is 8.25. The number of ether oxygens (including phenoxy) is 2. The van der Waals surface area contributed by atoms with Gasteiger partial charge in [-0.15, -0.1) is 0 Å². The lowest BCUT2D eigenvalue weighted by Gasteiger charge is -2.11. The van der Waals surface area contributed by atoms with E-state index in [2.05, 4.69) is 11.9 Å². The van der Waals surface area contributed by atoms with Crippen molar-refractivity contribution in [2.24, 2.45) is 4.99 Å². The molecule has 9 heteroatoms. The smallest absolute Gasteiger partial charge is 0.344 e. The normalized spacial score (nSPS) is 15.3. The van der Waals surface area contributed by atoms with Gasteiger partial charge in [0.2, 0.25) is 0 Å². The number of nitrogens with zero attached hydrogens (tertiary/aromatic N) is 2. The van der Waals surface area contributed by atoms with E-state index in [0.717, 1.165) is 28.5 Å². The van der Waals surface area contributed by atoms with Crippen LogP contribution in [0.4, 0.5) is 10.1 Å². The molecule has 6 nitrogen and oxygen atoms in total. The number of benzene rings is 3. The fourth-order valence-corrected chi connectivity index (χ4v) is 6.00. The van der Waals surface area contributed by atoms with E-state index in [4.69, 9.17) is 21.1 Å². The number of hydrogen-bond acceptors (Lipinski definition) is 6. The van der Waals surface area contributed by atoms with Gasteiger partial charge in [0.15, 0.2) is 0 Å². The number of carbonyl (C=O) groups excluding carboxylic acids is 1. The van der Waals surface area contributed by atoms with Crippen molar-refractivity contribution in [3.63, 3.8) is 0 Å². The zero-order chi connectivity index (χ0) is 29.1. The van der Waals surface area contributed by atoms with E-state index in [-0.39, 0.29) is 30.3 Å². The number of fused-ring (bicyclic) bond motifs is 1. The Hall–Kier alpha value is -4.01. The zero-order valence-electron chi connectivity index (χ0n) is 22.8. The highest BCUT2D eigenvalue weighted by Crippen LogP contribution is 2.41. The molecule has 210 valence electrons. The minimum absolute atomic E-state index is 0.00930. The van der Waals surface area contributed by atoms with Crippen LogP contribution in [-0.2, 0) is 22.5 Å². The van der Waals surface area contributed by atoms with Crippen LogP contribution >= 0.6 is 23.4 Å². The SMILES string of the molecule is CCOC(=O)C1=C(O)/C(=C/c2cn(Cc3c(F)cccc3Cl)c3c(CC)cccc23)SC1=Nc1ccc(OC)cc1. The summed E-state index contributed by atoms with van der Waals surface area (Å²) < 4.78 is 27.2. The second-order valence-corrected chi connectivity index (χ2v) is 10.7. The number of rotatable bonds is 8. The van der Waals surface area contributed by atoms with Crippen LogP contribution in [0, 0.1) is 5.82 Å². The number of carbonyl (C=O) groups is 1. The van der Waals surface area contributed by atoms with E-state index in [1.54, 1.807) is 50.4 Å². The minimum atomic E-state index is -0.655. The summed E-state index contributed by atoms with van der Waals surface area (Å²) in [5.74, 6) is -0.556. The van der Waals surface area contributed by atoms with E-state index in [1.165, 1.54) is 17.8 Å². The second-order valence-electron chi connectivity index (χ2n) is 9.25. The number of esters is 1. The monoisotopic (exact) mass is 590 g/mol. The Bertz CT molecular complexity index is 1700. The molecule has 0 radical (unpaired) electrons. The molecule has 3 aromatic carbocycles. The van der Waals surface area contributed by atoms with Gasteiger partial charge in [0.05, 0.1) is 36.4 Å². The highest BCUT2D eigenvalue weighted by atomic mass is 35.5.